The number of rotatable bonds is 6. The van der Waals surface area contributed by atoms with Crippen molar-refractivity contribution in [2.24, 2.45) is 0 Å². The van der Waals surface area contributed by atoms with Crippen molar-refractivity contribution in [3.8, 4) is 11.5 Å². The van der Waals surface area contributed by atoms with Crippen LogP contribution in [0.3, 0.4) is 0 Å². The van der Waals surface area contributed by atoms with E-state index in [1.807, 2.05) is 79.7 Å². The molecule has 160 valence electrons. The standard InChI is InChI=1S/C25H19ClN2O3S/c1-16-14-19(10-11-20(16)26)31-13-12-30-18-8-6-17(7-9-18)15-23-24(29)28-22-5-3-2-4-21(22)27-25(28)32-23/h2-11,14-15H,12-13H2,1H3/b23-15+. The third kappa shape index (κ3) is 4.07. The van der Waals surface area contributed by atoms with E-state index in [-0.39, 0.29) is 5.56 Å². The van der Waals surface area contributed by atoms with Crippen molar-refractivity contribution in [1.82, 2.24) is 9.38 Å². The fourth-order valence-electron chi connectivity index (χ4n) is 3.45. The Bertz CT molecular complexity index is 1520. The summed E-state index contributed by atoms with van der Waals surface area (Å²) in [6, 6.07) is 20.9. The van der Waals surface area contributed by atoms with Gasteiger partial charge in [0.25, 0.3) is 5.56 Å². The Kier molecular flexibility index (Phi) is 5.55. The number of aromatic nitrogens is 2. The summed E-state index contributed by atoms with van der Waals surface area (Å²) in [5, 5.41) is 0.722. The second-order valence-corrected chi connectivity index (χ2v) is 8.73. The van der Waals surface area contributed by atoms with Gasteiger partial charge in [-0.15, -0.1) is 0 Å². The van der Waals surface area contributed by atoms with Gasteiger partial charge < -0.3 is 9.47 Å². The highest BCUT2D eigenvalue weighted by Crippen LogP contribution is 2.21. The molecule has 2 heterocycles. The van der Waals surface area contributed by atoms with Crippen LogP contribution in [0.2, 0.25) is 5.02 Å². The van der Waals surface area contributed by atoms with Crippen LogP contribution in [0.25, 0.3) is 22.1 Å². The van der Waals surface area contributed by atoms with Crippen LogP contribution in [-0.2, 0) is 0 Å². The maximum atomic E-state index is 12.9. The number of hydrogen-bond donors (Lipinski definition) is 0. The van der Waals surface area contributed by atoms with Gasteiger partial charge in [-0.1, -0.05) is 47.2 Å². The van der Waals surface area contributed by atoms with E-state index in [1.54, 1.807) is 4.40 Å². The third-order valence-corrected chi connectivity index (χ3v) is 6.47. The first kappa shape index (κ1) is 20.5. The van der Waals surface area contributed by atoms with Gasteiger partial charge in [-0.25, -0.2) is 9.38 Å². The van der Waals surface area contributed by atoms with Crippen molar-refractivity contribution >= 4 is 45.0 Å². The Labute approximate surface area is 193 Å². The molecular weight excluding hydrogens is 444 g/mol. The summed E-state index contributed by atoms with van der Waals surface area (Å²) in [4.78, 5) is 18.1. The van der Waals surface area contributed by atoms with Gasteiger partial charge in [-0.2, -0.15) is 0 Å². The number of fused-ring (bicyclic) bond motifs is 3. The molecule has 2 aromatic heterocycles. The quantitative estimate of drug-likeness (QED) is 0.338. The number of aryl methyl sites for hydroxylation is 1. The number of nitrogens with zero attached hydrogens (tertiary/aromatic N) is 2. The van der Waals surface area contributed by atoms with Gasteiger partial charge in [0.2, 0.25) is 0 Å². The highest BCUT2D eigenvalue weighted by atomic mass is 35.5. The lowest BCUT2D eigenvalue weighted by atomic mass is 10.2. The molecule has 0 aliphatic heterocycles. The van der Waals surface area contributed by atoms with E-state index >= 15 is 0 Å². The summed E-state index contributed by atoms with van der Waals surface area (Å²) in [7, 11) is 0. The topological polar surface area (TPSA) is 52.8 Å². The fraction of sp³-hybridized carbons (Fsp3) is 0.120. The predicted octanol–water partition coefficient (Wildman–Crippen LogP) is 4.88. The van der Waals surface area contributed by atoms with E-state index in [2.05, 4.69) is 4.98 Å². The Balaban J connectivity index is 1.25. The molecule has 0 aliphatic carbocycles. The monoisotopic (exact) mass is 462 g/mol. The summed E-state index contributed by atoms with van der Waals surface area (Å²) in [6.45, 7) is 2.79. The van der Waals surface area contributed by atoms with Gasteiger partial charge in [0.1, 0.15) is 24.7 Å². The van der Waals surface area contributed by atoms with Gasteiger partial charge in [-0.05, 0) is 66.6 Å². The van der Waals surface area contributed by atoms with Crippen molar-refractivity contribution in [3.63, 3.8) is 0 Å². The average molecular weight is 463 g/mol. The number of benzene rings is 3. The molecule has 7 heteroatoms. The van der Waals surface area contributed by atoms with Crippen molar-refractivity contribution < 1.29 is 9.47 Å². The average Bonchev–Trinajstić information content (AvgIpc) is 3.31. The molecule has 0 saturated heterocycles. The Morgan fingerprint density at radius 2 is 1.72 bits per heavy atom. The molecule has 0 aliphatic rings. The zero-order valence-corrected chi connectivity index (χ0v) is 18.8. The van der Waals surface area contributed by atoms with Crippen LogP contribution in [0.4, 0.5) is 0 Å². The first-order chi connectivity index (χ1) is 15.6. The number of imidazole rings is 1. The lowest BCUT2D eigenvalue weighted by molar-refractivity contribution is 0.217. The minimum Gasteiger partial charge on any atom is -0.490 e. The summed E-state index contributed by atoms with van der Waals surface area (Å²) < 4.78 is 13.8. The molecule has 5 nitrogen and oxygen atoms in total. The van der Waals surface area contributed by atoms with Crippen LogP contribution in [0.15, 0.2) is 71.5 Å². The van der Waals surface area contributed by atoms with Gasteiger partial charge in [0.05, 0.1) is 15.6 Å². The van der Waals surface area contributed by atoms with E-state index in [0.29, 0.717) is 22.7 Å². The van der Waals surface area contributed by atoms with Crippen LogP contribution in [-0.4, -0.2) is 22.6 Å². The summed E-state index contributed by atoms with van der Waals surface area (Å²) in [5.74, 6) is 1.51. The normalized spacial score (nSPS) is 12.0. The maximum absolute atomic E-state index is 12.9. The van der Waals surface area contributed by atoms with Crippen LogP contribution >= 0.6 is 22.9 Å². The number of ether oxygens (including phenoxy) is 2. The Morgan fingerprint density at radius 3 is 2.50 bits per heavy atom. The number of halogens is 1. The van der Waals surface area contributed by atoms with E-state index in [4.69, 9.17) is 21.1 Å². The van der Waals surface area contributed by atoms with Crippen LogP contribution in [0, 0.1) is 6.92 Å². The molecule has 5 aromatic rings. The van der Waals surface area contributed by atoms with Crippen LogP contribution < -0.4 is 19.6 Å². The molecule has 0 bridgehead atoms. The molecule has 0 N–H and O–H groups in total. The Morgan fingerprint density at radius 1 is 1.00 bits per heavy atom. The highest BCUT2D eigenvalue weighted by Gasteiger charge is 2.10. The highest BCUT2D eigenvalue weighted by molar-refractivity contribution is 7.15. The van der Waals surface area contributed by atoms with Crippen molar-refractivity contribution in [1.29, 1.82) is 0 Å². The van der Waals surface area contributed by atoms with E-state index in [9.17, 15) is 4.79 Å². The summed E-state index contributed by atoms with van der Waals surface area (Å²) in [5.41, 5.74) is 3.53. The number of para-hydroxylation sites is 2. The second kappa shape index (κ2) is 8.65. The number of thiazole rings is 1. The smallest absolute Gasteiger partial charge is 0.274 e. The maximum Gasteiger partial charge on any atom is 0.274 e. The third-order valence-electron chi connectivity index (χ3n) is 5.07. The van der Waals surface area contributed by atoms with E-state index in [1.165, 1.54) is 11.3 Å². The van der Waals surface area contributed by atoms with Gasteiger partial charge >= 0.3 is 0 Å². The Hall–Kier alpha value is -3.35. The number of hydrogen-bond acceptors (Lipinski definition) is 5. The lowest BCUT2D eigenvalue weighted by Crippen LogP contribution is -2.22. The van der Waals surface area contributed by atoms with E-state index < -0.39 is 0 Å². The molecule has 5 rings (SSSR count). The molecule has 0 saturated carbocycles. The molecule has 0 unspecified atom stereocenters. The first-order valence-electron chi connectivity index (χ1n) is 10.1. The molecular formula is C25H19ClN2O3S. The molecule has 0 fully saturated rings. The van der Waals surface area contributed by atoms with E-state index in [0.717, 1.165) is 38.7 Å². The lowest BCUT2D eigenvalue weighted by Gasteiger charge is -2.09. The molecule has 0 radical (unpaired) electrons. The minimum absolute atomic E-state index is 0.0476. The van der Waals surface area contributed by atoms with Gasteiger partial charge in [0, 0.05) is 5.02 Å². The van der Waals surface area contributed by atoms with Crippen molar-refractivity contribution in [3.05, 3.63) is 97.8 Å². The molecule has 0 amide bonds. The molecule has 32 heavy (non-hydrogen) atoms. The minimum atomic E-state index is -0.0476. The zero-order chi connectivity index (χ0) is 22.1. The molecule has 3 aromatic carbocycles. The van der Waals surface area contributed by atoms with Gasteiger partial charge in [0.15, 0.2) is 4.96 Å². The fourth-order valence-corrected chi connectivity index (χ4v) is 4.55. The predicted molar refractivity (Wildman–Crippen MR) is 129 cm³/mol. The zero-order valence-electron chi connectivity index (χ0n) is 17.2. The van der Waals surface area contributed by atoms with Crippen molar-refractivity contribution in [2.45, 2.75) is 6.92 Å². The van der Waals surface area contributed by atoms with Crippen LogP contribution in [0.1, 0.15) is 11.1 Å². The SMILES string of the molecule is Cc1cc(OCCOc2ccc(/C=c3/sc4nc5ccccc5n4c3=O)cc2)ccc1Cl. The second-order valence-electron chi connectivity index (χ2n) is 7.31. The molecule has 0 spiro atoms. The largest absolute Gasteiger partial charge is 0.490 e. The summed E-state index contributed by atoms with van der Waals surface area (Å²) >= 11 is 7.42. The summed E-state index contributed by atoms with van der Waals surface area (Å²) in [6.07, 6.45) is 1.88. The molecule has 0 atom stereocenters. The van der Waals surface area contributed by atoms with Gasteiger partial charge in [-0.3, -0.25) is 4.79 Å². The van der Waals surface area contributed by atoms with Crippen molar-refractivity contribution in [2.75, 3.05) is 13.2 Å². The van der Waals surface area contributed by atoms with Crippen LogP contribution in [0.5, 0.6) is 11.5 Å². The first-order valence-corrected chi connectivity index (χ1v) is 11.3.